The van der Waals surface area contributed by atoms with Gasteiger partial charge in [-0.1, -0.05) is 27.7 Å². The number of rotatable bonds is 6. The van der Waals surface area contributed by atoms with Gasteiger partial charge in [0, 0.05) is 18.6 Å². The molecule has 102 valence electrons. The second-order valence-corrected chi connectivity index (χ2v) is 6.45. The van der Waals surface area contributed by atoms with Crippen LogP contribution in [0.5, 0.6) is 0 Å². The Hall–Kier alpha value is -0.0800. The summed E-state index contributed by atoms with van der Waals surface area (Å²) in [5, 5.41) is 3.70. The molecule has 0 saturated carbocycles. The van der Waals surface area contributed by atoms with Gasteiger partial charge in [0.05, 0.1) is 0 Å². The molecule has 0 radical (unpaired) electrons. The lowest BCUT2D eigenvalue weighted by Gasteiger charge is -2.43. The lowest BCUT2D eigenvalue weighted by atomic mass is 9.83. The van der Waals surface area contributed by atoms with Gasteiger partial charge in [-0.2, -0.15) is 0 Å². The maximum absolute atomic E-state index is 3.70. The van der Waals surface area contributed by atoms with Gasteiger partial charge in [0.25, 0.3) is 0 Å². The molecule has 1 rings (SSSR count). The smallest absolute Gasteiger partial charge is 0.0221 e. The van der Waals surface area contributed by atoms with Crippen molar-refractivity contribution >= 4 is 0 Å². The summed E-state index contributed by atoms with van der Waals surface area (Å²) in [6, 6.07) is 1.33. The number of hydrogen-bond acceptors (Lipinski definition) is 2. The number of piperidine rings is 1. The lowest BCUT2D eigenvalue weighted by molar-refractivity contribution is 0.0674. The minimum Gasteiger partial charge on any atom is -0.312 e. The van der Waals surface area contributed by atoms with Crippen LogP contribution in [-0.2, 0) is 0 Å². The van der Waals surface area contributed by atoms with Crippen LogP contribution in [0, 0.1) is 5.41 Å². The van der Waals surface area contributed by atoms with E-state index in [0.29, 0.717) is 17.5 Å². The zero-order chi connectivity index (χ0) is 12.9. The van der Waals surface area contributed by atoms with Crippen LogP contribution in [0.15, 0.2) is 0 Å². The molecule has 0 bridgehead atoms. The molecular weight excluding hydrogens is 208 g/mol. The van der Waals surface area contributed by atoms with Crippen LogP contribution < -0.4 is 5.32 Å². The zero-order valence-electron chi connectivity index (χ0n) is 12.6. The molecule has 1 N–H and O–H groups in total. The van der Waals surface area contributed by atoms with Gasteiger partial charge >= 0.3 is 0 Å². The van der Waals surface area contributed by atoms with Gasteiger partial charge in [-0.3, -0.25) is 4.90 Å². The summed E-state index contributed by atoms with van der Waals surface area (Å²) in [4.78, 5) is 2.69. The summed E-state index contributed by atoms with van der Waals surface area (Å²) < 4.78 is 0. The molecule has 0 aromatic rings. The third kappa shape index (κ3) is 4.59. The van der Waals surface area contributed by atoms with Gasteiger partial charge in [-0.25, -0.2) is 0 Å². The van der Waals surface area contributed by atoms with Gasteiger partial charge < -0.3 is 5.32 Å². The molecule has 2 heteroatoms. The maximum Gasteiger partial charge on any atom is 0.0221 e. The Bertz CT molecular complexity index is 213. The molecule has 2 atom stereocenters. The van der Waals surface area contributed by atoms with Crippen molar-refractivity contribution in [1.29, 1.82) is 0 Å². The predicted octanol–water partition coefficient (Wildman–Crippen LogP) is 3.28. The largest absolute Gasteiger partial charge is 0.312 e. The summed E-state index contributed by atoms with van der Waals surface area (Å²) in [7, 11) is 0. The average Bonchev–Trinajstić information content (AvgIpc) is 2.28. The van der Waals surface area contributed by atoms with E-state index in [4.69, 9.17) is 0 Å². The minimum atomic E-state index is 0.509. The van der Waals surface area contributed by atoms with Gasteiger partial charge in [-0.05, 0) is 51.1 Å². The summed E-state index contributed by atoms with van der Waals surface area (Å²) >= 11 is 0. The van der Waals surface area contributed by atoms with Crippen LogP contribution >= 0.6 is 0 Å². The van der Waals surface area contributed by atoms with Gasteiger partial charge in [-0.15, -0.1) is 0 Å². The molecule has 0 aromatic heterocycles. The molecule has 0 spiro atoms. The van der Waals surface area contributed by atoms with E-state index in [0.717, 1.165) is 6.54 Å². The SMILES string of the molecule is CCCNC(CC)C(C)N1CCCC(C)(C)C1. The molecule has 0 aromatic carbocycles. The van der Waals surface area contributed by atoms with Crippen LogP contribution in [0.4, 0.5) is 0 Å². The highest BCUT2D eigenvalue weighted by Crippen LogP contribution is 2.30. The standard InChI is InChI=1S/C15H32N2/c1-6-10-16-14(7-2)13(3)17-11-8-9-15(4,5)12-17/h13-14,16H,6-12H2,1-5H3. The fourth-order valence-corrected chi connectivity index (χ4v) is 3.06. The highest BCUT2D eigenvalue weighted by molar-refractivity contribution is 4.87. The topological polar surface area (TPSA) is 15.3 Å². The Morgan fingerprint density at radius 1 is 1.29 bits per heavy atom. The first-order valence-electron chi connectivity index (χ1n) is 7.47. The highest BCUT2D eigenvalue weighted by Gasteiger charge is 2.31. The molecule has 1 aliphatic heterocycles. The molecule has 1 fully saturated rings. The fourth-order valence-electron chi connectivity index (χ4n) is 3.06. The van der Waals surface area contributed by atoms with E-state index in [1.165, 1.54) is 38.8 Å². The molecule has 1 heterocycles. The summed E-state index contributed by atoms with van der Waals surface area (Å²) in [5.74, 6) is 0. The lowest BCUT2D eigenvalue weighted by Crippen LogP contribution is -2.53. The van der Waals surface area contributed by atoms with E-state index in [2.05, 4.69) is 44.8 Å². The summed E-state index contributed by atoms with van der Waals surface area (Å²) in [6.07, 6.45) is 5.21. The van der Waals surface area contributed by atoms with Crippen LogP contribution in [-0.4, -0.2) is 36.6 Å². The van der Waals surface area contributed by atoms with Gasteiger partial charge in [0.2, 0.25) is 0 Å². The fraction of sp³-hybridized carbons (Fsp3) is 1.00. The molecule has 2 nitrogen and oxygen atoms in total. The van der Waals surface area contributed by atoms with E-state index in [1.807, 2.05) is 0 Å². The molecule has 0 aliphatic carbocycles. The Morgan fingerprint density at radius 2 is 2.00 bits per heavy atom. The van der Waals surface area contributed by atoms with Gasteiger partial charge in [0.15, 0.2) is 0 Å². The first kappa shape index (κ1) is 15.0. The van der Waals surface area contributed by atoms with Crippen LogP contribution in [0.25, 0.3) is 0 Å². The van der Waals surface area contributed by atoms with Crippen molar-refractivity contribution in [2.24, 2.45) is 5.41 Å². The summed E-state index contributed by atoms with van der Waals surface area (Å²) in [5.41, 5.74) is 0.509. The van der Waals surface area contributed by atoms with Crippen molar-refractivity contribution in [2.75, 3.05) is 19.6 Å². The van der Waals surface area contributed by atoms with Crippen LogP contribution in [0.3, 0.4) is 0 Å². The van der Waals surface area contributed by atoms with E-state index in [1.54, 1.807) is 0 Å². The van der Waals surface area contributed by atoms with E-state index in [-0.39, 0.29) is 0 Å². The maximum atomic E-state index is 3.70. The third-order valence-corrected chi connectivity index (χ3v) is 4.18. The van der Waals surface area contributed by atoms with Gasteiger partial charge in [0.1, 0.15) is 0 Å². The second-order valence-electron chi connectivity index (χ2n) is 6.45. The Morgan fingerprint density at radius 3 is 2.53 bits per heavy atom. The van der Waals surface area contributed by atoms with E-state index < -0.39 is 0 Å². The number of likely N-dealkylation sites (tertiary alicyclic amines) is 1. The minimum absolute atomic E-state index is 0.509. The molecule has 1 aliphatic rings. The number of hydrogen-bond donors (Lipinski definition) is 1. The monoisotopic (exact) mass is 240 g/mol. The molecule has 2 unspecified atom stereocenters. The second kappa shape index (κ2) is 6.75. The van der Waals surface area contributed by atoms with Crippen molar-refractivity contribution in [2.45, 2.75) is 72.4 Å². The van der Waals surface area contributed by atoms with Crippen molar-refractivity contribution in [3.8, 4) is 0 Å². The average molecular weight is 240 g/mol. The molecular formula is C15H32N2. The molecule has 0 amide bonds. The van der Waals surface area contributed by atoms with Crippen LogP contribution in [0.1, 0.15) is 60.3 Å². The zero-order valence-corrected chi connectivity index (χ0v) is 12.6. The van der Waals surface area contributed by atoms with E-state index >= 15 is 0 Å². The van der Waals surface area contributed by atoms with Crippen molar-refractivity contribution < 1.29 is 0 Å². The third-order valence-electron chi connectivity index (χ3n) is 4.18. The molecule has 1 saturated heterocycles. The summed E-state index contributed by atoms with van der Waals surface area (Å²) in [6.45, 7) is 15.5. The predicted molar refractivity (Wildman–Crippen MR) is 76.4 cm³/mol. The van der Waals surface area contributed by atoms with Crippen molar-refractivity contribution in [1.82, 2.24) is 10.2 Å². The van der Waals surface area contributed by atoms with E-state index in [9.17, 15) is 0 Å². The molecule has 17 heavy (non-hydrogen) atoms. The van der Waals surface area contributed by atoms with Crippen molar-refractivity contribution in [3.05, 3.63) is 0 Å². The Labute approximate surface area is 108 Å². The quantitative estimate of drug-likeness (QED) is 0.766. The van der Waals surface area contributed by atoms with Crippen LogP contribution in [0.2, 0.25) is 0 Å². The first-order chi connectivity index (χ1) is 8.00. The Kier molecular flexibility index (Phi) is 5.94. The highest BCUT2D eigenvalue weighted by atomic mass is 15.2. The van der Waals surface area contributed by atoms with Crippen molar-refractivity contribution in [3.63, 3.8) is 0 Å². The Balaban J connectivity index is 2.51. The normalized spacial score (nSPS) is 24.5. The number of nitrogens with zero attached hydrogens (tertiary/aromatic N) is 1. The number of nitrogens with one attached hydrogen (secondary N) is 1. The first-order valence-corrected chi connectivity index (χ1v) is 7.47.